The first-order valence-electron chi connectivity index (χ1n) is 4.12. The molecule has 0 aromatic carbocycles. The molecular weight excluding hydrogens is 208 g/mol. The lowest BCUT2D eigenvalue weighted by molar-refractivity contribution is -0.143. The van der Waals surface area contributed by atoms with Gasteiger partial charge in [-0.3, -0.25) is 4.79 Å². The number of ether oxygens (including phenoxy) is 1. The molecule has 1 heterocycles. The van der Waals surface area contributed by atoms with Crippen LogP contribution in [0.25, 0.3) is 0 Å². The minimum absolute atomic E-state index is 0.0597. The highest BCUT2D eigenvalue weighted by Crippen LogP contribution is 2.57. The molecule has 3 heteroatoms. The normalized spacial score (nSPS) is 58.6. The molecule has 1 aliphatic heterocycles. The van der Waals surface area contributed by atoms with Gasteiger partial charge in [-0.15, -0.1) is 0 Å². The molecule has 11 heavy (non-hydrogen) atoms. The lowest BCUT2D eigenvalue weighted by Crippen LogP contribution is -2.17. The summed E-state index contributed by atoms with van der Waals surface area (Å²) in [5, 5.41) is 0. The van der Waals surface area contributed by atoms with Crippen LogP contribution in [0.3, 0.4) is 0 Å². The minimum Gasteiger partial charge on any atom is -0.462 e. The average Bonchev–Trinajstić information content (AvgIpc) is 2.47. The van der Waals surface area contributed by atoms with Gasteiger partial charge in [-0.05, 0) is 18.8 Å². The fraction of sp³-hybridized carbons (Fsp3) is 0.875. The molecule has 0 N–H and O–H groups in total. The highest BCUT2D eigenvalue weighted by molar-refractivity contribution is 9.09. The largest absolute Gasteiger partial charge is 0.462 e. The molecule has 0 amide bonds. The van der Waals surface area contributed by atoms with Gasteiger partial charge in [0.05, 0.1) is 5.92 Å². The van der Waals surface area contributed by atoms with Crippen molar-refractivity contribution < 1.29 is 9.53 Å². The van der Waals surface area contributed by atoms with Gasteiger partial charge >= 0.3 is 5.97 Å². The molecule has 60 valence electrons. The second-order valence-electron chi connectivity index (χ2n) is 3.84. The number of carbonyl (C=O) groups excluding carboxylic acids is 1. The molecule has 0 radical (unpaired) electrons. The Bertz CT molecular complexity index is 228. The Morgan fingerprint density at radius 3 is 2.82 bits per heavy atom. The molecule has 3 fully saturated rings. The average molecular weight is 217 g/mol. The molecule has 2 saturated carbocycles. The van der Waals surface area contributed by atoms with E-state index in [4.69, 9.17) is 4.74 Å². The number of hydrogen-bond acceptors (Lipinski definition) is 2. The molecular formula is C8H9BrO2. The van der Waals surface area contributed by atoms with Gasteiger partial charge in [-0.1, -0.05) is 15.9 Å². The van der Waals surface area contributed by atoms with Crippen LogP contribution in [0.4, 0.5) is 0 Å². The number of esters is 1. The Labute approximate surface area is 73.4 Å². The third kappa shape index (κ3) is 0.616. The van der Waals surface area contributed by atoms with Crippen molar-refractivity contribution in [3.8, 4) is 0 Å². The molecule has 1 saturated heterocycles. The Hall–Kier alpha value is -0.0500. The first-order chi connectivity index (χ1) is 5.27. The number of alkyl halides is 1. The van der Waals surface area contributed by atoms with Gasteiger partial charge in [0.2, 0.25) is 0 Å². The zero-order valence-electron chi connectivity index (χ0n) is 6.00. The molecule has 5 atom stereocenters. The third-order valence-electron chi connectivity index (χ3n) is 3.37. The molecule has 2 bridgehead atoms. The summed E-state index contributed by atoms with van der Waals surface area (Å²) in [6.45, 7) is 0. The van der Waals surface area contributed by atoms with Crippen LogP contribution in [0.5, 0.6) is 0 Å². The summed E-state index contributed by atoms with van der Waals surface area (Å²) < 4.78 is 5.24. The number of hydrogen-bond donors (Lipinski definition) is 0. The maximum atomic E-state index is 11.2. The molecule has 3 aliphatic rings. The van der Waals surface area contributed by atoms with E-state index in [1.807, 2.05) is 0 Å². The van der Waals surface area contributed by atoms with Crippen LogP contribution in [0, 0.1) is 17.8 Å². The second-order valence-corrected chi connectivity index (χ2v) is 4.89. The van der Waals surface area contributed by atoms with Gasteiger partial charge in [0, 0.05) is 10.7 Å². The van der Waals surface area contributed by atoms with Crippen molar-refractivity contribution in [2.45, 2.75) is 23.8 Å². The summed E-state index contributed by atoms with van der Waals surface area (Å²) in [4.78, 5) is 11.8. The predicted octanol–water partition coefficient (Wildman–Crippen LogP) is 1.33. The van der Waals surface area contributed by atoms with E-state index in [-0.39, 0.29) is 18.0 Å². The number of fused-ring (bicyclic) bond motifs is 1. The molecule has 2 nitrogen and oxygen atoms in total. The van der Waals surface area contributed by atoms with E-state index in [0.717, 1.165) is 12.8 Å². The van der Waals surface area contributed by atoms with Crippen molar-refractivity contribution in [2.24, 2.45) is 17.8 Å². The SMILES string of the molecule is O=C1O[C@H]2C[C@H]3C[C@@H]1[C@@H]2C3Br. The first kappa shape index (κ1) is 6.46. The van der Waals surface area contributed by atoms with Gasteiger partial charge in [-0.25, -0.2) is 0 Å². The Balaban J connectivity index is 2.05. The van der Waals surface area contributed by atoms with Gasteiger partial charge in [0.25, 0.3) is 0 Å². The second kappa shape index (κ2) is 1.82. The monoisotopic (exact) mass is 216 g/mol. The number of halogens is 1. The van der Waals surface area contributed by atoms with Gasteiger partial charge in [-0.2, -0.15) is 0 Å². The molecule has 0 aromatic rings. The summed E-state index contributed by atoms with van der Waals surface area (Å²) in [7, 11) is 0. The topological polar surface area (TPSA) is 26.3 Å². The lowest BCUT2D eigenvalue weighted by Gasteiger charge is -2.11. The van der Waals surface area contributed by atoms with Crippen LogP contribution in [0.2, 0.25) is 0 Å². The van der Waals surface area contributed by atoms with Crippen LogP contribution >= 0.6 is 15.9 Å². The number of carbonyl (C=O) groups is 1. The van der Waals surface area contributed by atoms with Crippen molar-refractivity contribution in [3.63, 3.8) is 0 Å². The third-order valence-corrected chi connectivity index (χ3v) is 4.73. The van der Waals surface area contributed by atoms with Gasteiger partial charge in [0.1, 0.15) is 6.10 Å². The molecule has 2 aliphatic carbocycles. The van der Waals surface area contributed by atoms with E-state index in [2.05, 4.69) is 15.9 Å². The lowest BCUT2D eigenvalue weighted by atomic mass is 9.90. The van der Waals surface area contributed by atoms with E-state index in [1.165, 1.54) is 0 Å². The molecule has 0 spiro atoms. The Morgan fingerprint density at radius 2 is 2.27 bits per heavy atom. The van der Waals surface area contributed by atoms with Gasteiger partial charge < -0.3 is 4.74 Å². The van der Waals surface area contributed by atoms with E-state index in [9.17, 15) is 4.79 Å². The van der Waals surface area contributed by atoms with Crippen molar-refractivity contribution in [3.05, 3.63) is 0 Å². The zero-order valence-corrected chi connectivity index (χ0v) is 7.58. The van der Waals surface area contributed by atoms with E-state index >= 15 is 0 Å². The standard InChI is InChI=1S/C8H9BrO2/c9-7-3-1-4-6(7)5(2-3)11-8(4)10/h3-7H,1-2H2/t3-,4-,5+,6+,7?/m1/s1. The first-order valence-corrected chi connectivity index (χ1v) is 5.03. The van der Waals surface area contributed by atoms with Crippen LogP contribution in [-0.2, 0) is 9.53 Å². The number of rotatable bonds is 0. The molecule has 3 rings (SSSR count). The summed E-state index contributed by atoms with van der Waals surface area (Å²) in [6, 6.07) is 0. The summed E-state index contributed by atoms with van der Waals surface area (Å²) in [5.74, 6) is 1.52. The molecule has 0 aromatic heterocycles. The predicted molar refractivity (Wildman–Crippen MR) is 42.3 cm³/mol. The van der Waals surface area contributed by atoms with Crippen molar-refractivity contribution in [1.29, 1.82) is 0 Å². The zero-order chi connectivity index (χ0) is 7.59. The van der Waals surface area contributed by atoms with Crippen LogP contribution in [0.15, 0.2) is 0 Å². The highest BCUT2D eigenvalue weighted by Gasteiger charge is 2.61. The maximum absolute atomic E-state index is 11.2. The molecule has 1 unspecified atom stereocenters. The highest BCUT2D eigenvalue weighted by atomic mass is 79.9. The van der Waals surface area contributed by atoms with Crippen molar-refractivity contribution in [1.82, 2.24) is 0 Å². The fourth-order valence-corrected chi connectivity index (χ4v) is 4.05. The Morgan fingerprint density at radius 1 is 1.45 bits per heavy atom. The fourth-order valence-electron chi connectivity index (χ4n) is 2.91. The quantitative estimate of drug-likeness (QED) is 0.452. The maximum Gasteiger partial charge on any atom is 0.309 e. The Kier molecular flexibility index (Phi) is 1.07. The van der Waals surface area contributed by atoms with Crippen molar-refractivity contribution in [2.75, 3.05) is 0 Å². The van der Waals surface area contributed by atoms with Crippen LogP contribution < -0.4 is 0 Å². The van der Waals surface area contributed by atoms with Crippen molar-refractivity contribution >= 4 is 21.9 Å². The summed E-state index contributed by atoms with van der Waals surface area (Å²) >= 11 is 3.65. The van der Waals surface area contributed by atoms with E-state index in [1.54, 1.807) is 0 Å². The van der Waals surface area contributed by atoms with E-state index in [0.29, 0.717) is 16.7 Å². The smallest absolute Gasteiger partial charge is 0.309 e. The van der Waals surface area contributed by atoms with Gasteiger partial charge in [0.15, 0.2) is 0 Å². The summed E-state index contributed by atoms with van der Waals surface area (Å²) in [6.07, 6.45) is 2.43. The van der Waals surface area contributed by atoms with Crippen LogP contribution in [-0.4, -0.2) is 16.9 Å². The minimum atomic E-state index is 0.0597. The van der Waals surface area contributed by atoms with Crippen LogP contribution in [0.1, 0.15) is 12.8 Å². The van der Waals surface area contributed by atoms with E-state index < -0.39 is 0 Å². The summed E-state index contributed by atoms with van der Waals surface area (Å²) in [5.41, 5.74) is 0.